The molecule has 0 radical (unpaired) electrons. The first kappa shape index (κ1) is 15.6. The Morgan fingerprint density at radius 1 is 1.30 bits per heavy atom. The molecule has 3 aromatic rings. The van der Waals surface area contributed by atoms with Crippen molar-refractivity contribution in [2.24, 2.45) is 7.05 Å². The number of nitrogens with zero attached hydrogens (tertiary/aromatic N) is 2. The van der Waals surface area contributed by atoms with Gasteiger partial charge in [-0.3, -0.25) is 9.48 Å². The number of benzene rings is 1. The van der Waals surface area contributed by atoms with Crippen molar-refractivity contribution in [2.75, 3.05) is 13.2 Å². The summed E-state index contributed by atoms with van der Waals surface area (Å²) in [7, 11) is 1.89. The van der Waals surface area contributed by atoms with E-state index in [4.69, 9.17) is 4.74 Å². The summed E-state index contributed by atoms with van der Waals surface area (Å²) in [6, 6.07) is 9.76. The van der Waals surface area contributed by atoms with Crippen LogP contribution in [0.25, 0.3) is 10.2 Å². The van der Waals surface area contributed by atoms with Crippen LogP contribution in [0.5, 0.6) is 5.75 Å². The van der Waals surface area contributed by atoms with Crippen molar-refractivity contribution < 1.29 is 9.53 Å². The predicted octanol–water partition coefficient (Wildman–Crippen LogP) is 3.06. The van der Waals surface area contributed by atoms with Gasteiger partial charge in [-0.1, -0.05) is 17.7 Å². The molecule has 6 heteroatoms. The first-order chi connectivity index (χ1) is 11.0. The van der Waals surface area contributed by atoms with E-state index in [1.54, 1.807) is 0 Å². The molecule has 0 aliphatic carbocycles. The quantitative estimate of drug-likeness (QED) is 0.732. The Balaban J connectivity index is 1.54. The van der Waals surface area contributed by atoms with E-state index in [1.807, 2.05) is 55.9 Å². The molecule has 0 saturated heterocycles. The second-order valence-corrected chi connectivity index (χ2v) is 6.49. The van der Waals surface area contributed by atoms with Gasteiger partial charge in [0.15, 0.2) is 0 Å². The van der Waals surface area contributed by atoms with Crippen molar-refractivity contribution in [3.05, 3.63) is 46.5 Å². The van der Waals surface area contributed by atoms with E-state index in [9.17, 15) is 4.79 Å². The van der Waals surface area contributed by atoms with E-state index >= 15 is 0 Å². The number of nitrogens with one attached hydrogen (secondary N) is 1. The van der Waals surface area contributed by atoms with Crippen LogP contribution in [0.15, 0.2) is 30.3 Å². The molecule has 0 aliphatic rings. The Labute approximate surface area is 138 Å². The molecule has 0 spiro atoms. The minimum Gasteiger partial charge on any atom is -0.492 e. The van der Waals surface area contributed by atoms with Gasteiger partial charge in [-0.05, 0) is 32.0 Å². The van der Waals surface area contributed by atoms with Crippen LogP contribution in [-0.2, 0) is 7.05 Å². The van der Waals surface area contributed by atoms with Crippen LogP contribution < -0.4 is 10.1 Å². The van der Waals surface area contributed by atoms with Crippen molar-refractivity contribution in [3.63, 3.8) is 0 Å². The molecule has 1 N–H and O–H groups in total. The zero-order valence-electron chi connectivity index (χ0n) is 13.4. The first-order valence-corrected chi connectivity index (χ1v) is 8.27. The highest BCUT2D eigenvalue weighted by Crippen LogP contribution is 2.27. The third kappa shape index (κ3) is 3.37. The number of hydrogen-bond acceptors (Lipinski definition) is 4. The molecule has 3 rings (SSSR count). The highest BCUT2D eigenvalue weighted by Gasteiger charge is 2.14. The fourth-order valence-corrected chi connectivity index (χ4v) is 3.41. The third-order valence-corrected chi connectivity index (χ3v) is 4.80. The van der Waals surface area contributed by atoms with Gasteiger partial charge in [0.2, 0.25) is 0 Å². The zero-order chi connectivity index (χ0) is 16.4. The molecular weight excluding hydrogens is 310 g/mol. The van der Waals surface area contributed by atoms with Gasteiger partial charge in [-0.2, -0.15) is 5.10 Å². The largest absolute Gasteiger partial charge is 0.492 e. The highest BCUT2D eigenvalue weighted by molar-refractivity contribution is 7.20. The Hall–Kier alpha value is -2.34. The maximum atomic E-state index is 12.2. The first-order valence-electron chi connectivity index (χ1n) is 7.45. The van der Waals surface area contributed by atoms with Gasteiger partial charge in [-0.15, -0.1) is 11.3 Å². The van der Waals surface area contributed by atoms with Gasteiger partial charge in [0.25, 0.3) is 5.91 Å². The van der Waals surface area contributed by atoms with Gasteiger partial charge in [0, 0.05) is 12.4 Å². The number of carbonyl (C=O) groups excluding carboxylic acids is 1. The maximum Gasteiger partial charge on any atom is 0.261 e. The number of aromatic nitrogens is 2. The summed E-state index contributed by atoms with van der Waals surface area (Å²) in [5, 5.41) is 8.27. The van der Waals surface area contributed by atoms with Crippen LogP contribution >= 0.6 is 11.3 Å². The normalized spacial score (nSPS) is 10.9. The second-order valence-electron chi connectivity index (χ2n) is 5.46. The smallest absolute Gasteiger partial charge is 0.261 e. The molecule has 120 valence electrons. The number of carbonyl (C=O) groups is 1. The standard InChI is InChI=1S/C17H19N3O2S/c1-11-4-6-13(7-5-11)22-9-8-18-16(21)15-10-14-12(2)19-20(3)17(14)23-15/h4-7,10H,8-9H2,1-3H3,(H,18,21). The summed E-state index contributed by atoms with van der Waals surface area (Å²) in [6.45, 7) is 4.90. The van der Waals surface area contributed by atoms with Crippen LogP contribution in [0.4, 0.5) is 0 Å². The molecule has 0 unspecified atom stereocenters. The van der Waals surface area contributed by atoms with E-state index in [0.717, 1.165) is 21.7 Å². The van der Waals surface area contributed by atoms with E-state index in [0.29, 0.717) is 18.0 Å². The molecule has 1 amide bonds. The molecule has 0 saturated carbocycles. The van der Waals surface area contributed by atoms with Crippen molar-refractivity contribution in [2.45, 2.75) is 13.8 Å². The third-order valence-electron chi connectivity index (χ3n) is 3.60. The molecule has 0 aliphatic heterocycles. The summed E-state index contributed by atoms with van der Waals surface area (Å²) in [5.41, 5.74) is 2.14. The summed E-state index contributed by atoms with van der Waals surface area (Å²) in [5.74, 6) is 0.742. The van der Waals surface area contributed by atoms with Crippen LogP contribution in [0.3, 0.4) is 0 Å². The lowest BCUT2D eigenvalue weighted by Gasteiger charge is -2.07. The fraction of sp³-hybridized carbons (Fsp3) is 0.294. The van der Waals surface area contributed by atoms with Crippen molar-refractivity contribution in [3.8, 4) is 5.75 Å². The number of hydrogen-bond donors (Lipinski definition) is 1. The Morgan fingerprint density at radius 3 is 2.74 bits per heavy atom. The molecule has 0 atom stereocenters. The molecule has 2 aromatic heterocycles. The van der Waals surface area contributed by atoms with Crippen molar-refractivity contribution in [1.82, 2.24) is 15.1 Å². The Morgan fingerprint density at radius 2 is 2.04 bits per heavy atom. The molecule has 1 aromatic carbocycles. The predicted molar refractivity (Wildman–Crippen MR) is 92.3 cm³/mol. The van der Waals surface area contributed by atoms with E-state index in [2.05, 4.69) is 10.4 Å². The Bertz CT molecular complexity index is 799. The molecule has 0 bridgehead atoms. The summed E-state index contributed by atoms with van der Waals surface area (Å²) in [4.78, 5) is 13.9. The SMILES string of the molecule is Cc1ccc(OCCNC(=O)c2cc3c(C)nn(C)c3s2)cc1. The number of fused-ring (bicyclic) bond motifs is 1. The highest BCUT2D eigenvalue weighted by atomic mass is 32.1. The zero-order valence-corrected chi connectivity index (χ0v) is 14.2. The van der Waals surface area contributed by atoms with Crippen LogP contribution in [0.2, 0.25) is 0 Å². The van der Waals surface area contributed by atoms with Gasteiger partial charge in [-0.25, -0.2) is 0 Å². The molecular formula is C17H19N3O2S. The van der Waals surface area contributed by atoms with Crippen molar-refractivity contribution in [1.29, 1.82) is 0 Å². The van der Waals surface area contributed by atoms with E-state index in [1.165, 1.54) is 16.9 Å². The number of amides is 1. The van der Waals surface area contributed by atoms with Crippen LogP contribution in [0.1, 0.15) is 20.9 Å². The lowest BCUT2D eigenvalue weighted by atomic mass is 10.2. The average molecular weight is 329 g/mol. The molecule has 23 heavy (non-hydrogen) atoms. The molecule has 5 nitrogen and oxygen atoms in total. The minimum absolute atomic E-state index is 0.0712. The number of ether oxygens (including phenoxy) is 1. The van der Waals surface area contributed by atoms with Crippen LogP contribution in [-0.4, -0.2) is 28.8 Å². The van der Waals surface area contributed by atoms with Gasteiger partial charge >= 0.3 is 0 Å². The van der Waals surface area contributed by atoms with Gasteiger partial charge < -0.3 is 10.1 Å². The minimum atomic E-state index is -0.0712. The Kier molecular flexibility index (Phi) is 4.34. The summed E-state index contributed by atoms with van der Waals surface area (Å²) < 4.78 is 7.42. The van der Waals surface area contributed by atoms with E-state index in [-0.39, 0.29) is 5.91 Å². The second kappa shape index (κ2) is 6.42. The molecule has 2 heterocycles. The fourth-order valence-electron chi connectivity index (χ4n) is 2.37. The van der Waals surface area contributed by atoms with Crippen molar-refractivity contribution >= 4 is 27.5 Å². The van der Waals surface area contributed by atoms with Gasteiger partial charge in [0.1, 0.15) is 17.2 Å². The van der Waals surface area contributed by atoms with E-state index < -0.39 is 0 Å². The summed E-state index contributed by atoms with van der Waals surface area (Å²) in [6.07, 6.45) is 0. The average Bonchev–Trinajstić information content (AvgIpc) is 3.08. The maximum absolute atomic E-state index is 12.2. The topological polar surface area (TPSA) is 56.1 Å². The number of aryl methyl sites for hydroxylation is 3. The number of rotatable bonds is 5. The van der Waals surface area contributed by atoms with Gasteiger partial charge in [0.05, 0.1) is 17.1 Å². The number of thiophene rings is 1. The molecule has 0 fully saturated rings. The monoisotopic (exact) mass is 329 g/mol. The summed E-state index contributed by atoms with van der Waals surface area (Å²) >= 11 is 1.46. The lowest BCUT2D eigenvalue weighted by Crippen LogP contribution is -2.27. The lowest BCUT2D eigenvalue weighted by molar-refractivity contribution is 0.0951. The van der Waals surface area contributed by atoms with Crippen LogP contribution in [0, 0.1) is 13.8 Å².